The van der Waals surface area contributed by atoms with Crippen LogP contribution in [0.3, 0.4) is 0 Å². The van der Waals surface area contributed by atoms with E-state index in [9.17, 15) is 0 Å². The van der Waals surface area contributed by atoms with Crippen LogP contribution < -0.4 is 11.5 Å². The van der Waals surface area contributed by atoms with Gasteiger partial charge in [-0.2, -0.15) is 0 Å². The summed E-state index contributed by atoms with van der Waals surface area (Å²) in [4.78, 5) is 0. The number of hydrogen-bond acceptors (Lipinski definition) is 2. The second-order valence-corrected chi connectivity index (χ2v) is 4.23. The predicted molar refractivity (Wildman–Crippen MR) is 52.5 cm³/mol. The summed E-state index contributed by atoms with van der Waals surface area (Å²) in [6.45, 7) is 0. The number of hydrogen-bond donors (Lipinski definition) is 2. The quantitative estimate of drug-likeness (QED) is 0.614. The Morgan fingerprint density at radius 2 is 1.38 bits per heavy atom. The molecule has 2 nitrogen and oxygen atoms in total. The molecule has 0 amide bonds. The summed E-state index contributed by atoms with van der Waals surface area (Å²) in [5, 5.41) is 0. The second kappa shape index (κ2) is 2.34. The zero-order valence-electron chi connectivity index (χ0n) is 7.48. The molecule has 2 aliphatic rings. The van der Waals surface area contributed by atoms with Gasteiger partial charge in [0.1, 0.15) is 0 Å². The molecule has 1 fully saturated rings. The molecule has 1 saturated carbocycles. The number of nitrogens with two attached hydrogens (primary N) is 2. The van der Waals surface area contributed by atoms with Gasteiger partial charge in [0.2, 0.25) is 0 Å². The van der Waals surface area contributed by atoms with Crippen molar-refractivity contribution in [3.05, 3.63) is 35.4 Å². The highest BCUT2D eigenvalue weighted by Gasteiger charge is 2.47. The number of rotatable bonds is 0. The van der Waals surface area contributed by atoms with E-state index in [1.807, 2.05) is 0 Å². The summed E-state index contributed by atoms with van der Waals surface area (Å²) < 4.78 is 0. The minimum atomic E-state index is 0.180. The first-order chi connectivity index (χ1) is 6.29. The summed E-state index contributed by atoms with van der Waals surface area (Å²) in [5.74, 6) is 1.05. The molecule has 0 radical (unpaired) electrons. The van der Waals surface area contributed by atoms with Gasteiger partial charge in [0, 0.05) is 23.9 Å². The smallest absolute Gasteiger partial charge is 0.0268 e. The minimum Gasteiger partial charge on any atom is -0.326 e. The largest absolute Gasteiger partial charge is 0.326 e. The molecule has 1 aromatic carbocycles. The summed E-state index contributed by atoms with van der Waals surface area (Å²) in [7, 11) is 0. The topological polar surface area (TPSA) is 52.0 Å². The van der Waals surface area contributed by atoms with Gasteiger partial charge in [-0.05, 0) is 17.5 Å². The fraction of sp³-hybridized carbons (Fsp3) is 0.455. The third-order valence-corrected chi connectivity index (χ3v) is 3.68. The molecule has 2 aliphatic carbocycles. The van der Waals surface area contributed by atoms with E-state index in [0.717, 1.165) is 0 Å². The molecule has 2 heteroatoms. The van der Waals surface area contributed by atoms with Crippen LogP contribution in [-0.4, -0.2) is 12.1 Å². The van der Waals surface area contributed by atoms with Crippen LogP contribution in [0, 0.1) is 0 Å². The molecule has 0 heterocycles. The third-order valence-electron chi connectivity index (χ3n) is 3.68. The SMILES string of the molecule is NC1C2CC(c3ccccc32)C1N. The van der Waals surface area contributed by atoms with Crippen LogP contribution in [0.2, 0.25) is 0 Å². The van der Waals surface area contributed by atoms with Crippen molar-refractivity contribution in [3.8, 4) is 0 Å². The molecule has 4 N–H and O–H groups in total. The average molecular weight is 174 g/mol. The fourth-order valence-electron chi connectivity index (χ4n) is 2.98. The lowest BCUT2D eigenvalue weighted by Crippen LogP contribution is -2.44. The van der Waals surface area contributed by atoms with Crippen LogP contribution in [0.25, 0.3) is 0 Å². The van der Waals surface area contributed by atoms with Crippen molar-refractivity contribution < 1.29 is 0 Å². The van der Waals surface area contributed by atoms with E-state index in [1.54, 1.807) is 0 Å². The lowest BCUT2D eigenvalue weighted by Gasteiger charge is -2.26. The Kier molecular flexibility index (Phi) is 1.35. The van der Waals surface area contributed by atoms with Crippen molar-refractivity contribution in [1.82, 2.24) is 0 Å². The Bertz CT molecular complexity index is 315. The standard InChI is InChI=1S/C11H14N2/c12-10-8-5-9(11(10)13)7-4-2-1-3-6(7)8/h1-4,8-11H,5,12-13H2. The van der Waals surface area contributed by atoms with E-state index in [4.69, 9.17) is 11.5 Å². The van der Waals surface area contributed by atoms with Crippen molar-refractivity contribution >= 4 is 0 Å². The molecule has 0 aromatic heterocycles. The summed E-state index contributed by atoms with van der Waals surface area (Å²) in [6, 6.07) is 8.95. The van der Waals surface area contributed by atoms with Crippen molar-refractivity contribution in [2.45, 2.75) is 30.3 Å². The Hall–Kier alpha value is -0.860. The van der Waals surface area contributed by atoms with Crippen LogP contribution >= 0.6 is 0 Å². The van der Waals surface area contributed by atoms with Gasteiger partial charge in [0.05, 0.1) is 0 Å². The number of benzene rings is 1. The average Bonchev–Trinajstić information content (AvgIpc) is 2.66. The van der Waals surface area contributed by atoms with Gasteiger partial charge >= 0.3 is 0 Å². The highest BCUT2D eigenvalue weighted by Crippen LogP contribution is 2.51. The van der Waals surface area contributed by atoms with Crippen LogP contribution in [-0.2, 0) is 0 Å². The fourth-order valence-corrected chi connectivity index (χ4v) is 2.98. The van der Waals surface area contributed by atoms with Crippen LogP contribution in [0.5, 0.6) is 0 Å². The summed E-state index contributed by atoms with van der Waals surface area (Å²) in [5.41, 5.74) is 15.0. The Labute approximate surface area is 77.9 Å². The molecule has 2 bridgehead atoms. The highest BCUT2D eigenvalue weighted by atomic mass is 14.9. The minimum absolute atomic E-state index is 0.180. The summed E-state index contributed by atoms with van der Waals surface area (Å²) in [6.07, 6.45) is 1.17. The van der Waals surface area contributed by atoms with Gasteiger partial charge in [-0.25, -0.2) is 0 Å². The van der Waals surface area contributed by atoms with Crippen molar-refractivity contribution in [2.75, 3.05) is 0 Å². The van der Waals surface area contributed by atoms with Crippen LogP contribution in [0.4, 0.5) is 0 Å². The van der Waals surface area contributed by atoms with Gasteiger partial charge in [0.15, 0.2) is 0 Å². The predicted octanol–water partition coefficient (Wildman–Crippen LogP) is 0.926. The maximum atomic E-state index is 6.05. The number of fused-ring (bicyclic) bond motifs is 5. The molecular weight excluding hydrogens is 160 g/mol. The van der Waals surface area contributed by atoms with E-state index in [0.29, 0.717) is 11.8 Å². The molecule has 13 heavy (non-hydrogen) atoms. The van der Waals surface area contributed by atoms with Crippen molar-refractivity contribution in [1.29, 1.82) is 0 Å². The van der Waals surface area contributed by atoms with Crippen molar-refractivity contribution in [2.24, 2.45) is 11.5 Å². The molecular formula is C11H14N2. The third kappa shape index (κ3) is 0.798. The van der Waals surface area contributed by atoms with E-state index < -0.39 is 0 Å². The Morgan fingerprint density at radius 3 is 1.85 bits per heavy atom. The molecule has 4 unspecified atom stereocenters. The second-order valence-electron chi connectivity index (χ2n) is 4.23. The zero-order chi connectivity index (χ0) is 9.00. The van der Waals surface area contributed by atoms with E-state index >= 15 is 0 Å². The molecule has 68 valence electrons. The first-order valence-electron chi connectivity index (χ1n) is 4.89. The molecule has 1 aromatic rings. The lowest BCUT2D eigenvalue weighted by molar-refractivity contribution is 0.514. The van der Waals surface area contributed by atoms with Gasteiger partial charge < -0.3 is 11.5 Å². The van der Waals surface area contributed by atoms with Crippen LogP contribution in [0.1, 0.15) is 29.4 Å². The van der Waals surface area contributed by atoms with Gasteiger partial charge in [0.25, 0.3) is 0 Å². The Morgan fingerprint density at radius 1 is 0.923 bits per heavy atom. The first kappa shape index (κ1) is 7.54. The van der Waals surface area contributed by atoms with E-state index in [1.165, 1.54) is 17.5 Å². The summed E-state index contributed by atoms with van der Waals surface area (Å²) >= 11 is 0. The molecule has 0 aliphatic heterocycles. The maximum Gasteiger partial charge on any atom is 0.0268 e. The molecule has 0 spiro atoms. The van der Waals surface area contributed by atoms with E-state index in [2.05, 4.69) is 24.3 Å². The van der Waals surface area contributed by atoms with Gasteiger partial charge in [-0.3, -0.25) is 0 Å². The van der Waals surface area contributed by atoms with Gasteiger partial charge in [-0.1, -0.05) is 24.3 Å². The van der Waals surface area contributed by atoms with Crippen molar-refractivity contribution in [3.63, 3.8) is 0 Å². The van der Waals surface area contributed by atoms with Crippen LogP contribution in [0.15, 0.2) is 24.3 Å². The zero-order valence-corrected chi connectivity index (χ0v) is 7.48. The van der Waals surface area contributed by atoms with E-state index in [-0.39, 0.29) is 12.1 Å². The van der Waals surface area contributed by atoms with Gasteiger partial charge in [-0.15, -0.1) is 0 Å². The highest BCUT2D eigenvalue weighted by molar-refractivity contribution is 5.45. The normalized spacial score (nSPS) is 40.8. The molecule has 4 atom stereocenters. The maximum absolute atomic E-state index is 6.05. The Balaban J connectivity index is 2.16. The molecule has 3 rings (SSSR count). The monoisotopic (exact) mass is 174 g/mol. The lowest BCUT2D eigenvalue weighted by atomic mass is 9.86. The molecule has 0 saturated heterocycles. The first-order valence-corrected chi connectivity index (χ1v) is 4.89.